The SMILES string of the molecule is CNS(=O)(=O)c1cccc(NCc2ccc(CO)o2)c1. The molecule has 0 atom stereocenters. The van der Waals surface area contributed by atoms with Crippen LogP contribution in [0.4, 0.5) is 5.69 Å². The summed E-state index contributed by atoms with van der Waals surface area (Å²) in [6.07, 6.45) is 0. The molecule has 1 aromatic carbocycles. The number of anilines is 1. The lowest BCUT2D eigenvalue weighted by Crippen LogP contribution is -2.18. The zero-order valence-corrected chi connectivity index (χ0v) is 11.8. The number of nitrogens with one attached hydrogen (secondary N) is 2. The van der Waals surface area contributed by atoms with Crippen LogP contribution in [0.5, 0.6) is 0 Å². The minimum atomic E-state index is -3.45. The molecule has 1 aromatic heterocycles. The fourth-order valence-electron chi connectivity index (χ4n) is 1.68. The molecule has 0 fully saturated rings. The minimum absolute atomic E-state index is 0.143. The van der Waals surface area contributed by atoms with Crippen molar-refractivity contribution in [3.63, 3.8) is 0 Å². The van der Waals surface area contributed by atoms with Gasteiger partial charge in [0.05, 0.1) is 11.4 Å². The Labute approximate surface area is 117 Å². The van der Waals surface area contributed by atoms with Crippen molar-refractivity contribution in [3.8, 4) is 0 Å². The average molecular weight is 296 g/mol. The van der Waals surface area contributed by atoms with Crippen LogP contribution in [0.2, 0.25) is 0 Å². The van der Waals surface area contributed by atoms with Crippen molar-refractivity contribution in [1.29, 1.82) is 0 Å². The molecule has 0 bridgehead atoms. The summed E-state index contributed by atoms with van der Waals surface area (Å²) in [5.74, 6) is 1.16. The minimum Gasteiger partial charge on any atom is -0.462 e. The lowest BCUT2D eigenvalue weighted by Gasteiger charge is -2.07. The Balaban J connectivity index is 2.08. The topological polar surface area (TPSA) is 91.6 Å². The van der Waals surface area contributed by atoms with Crippen LogP contribution in [-0.2, 0) is 23.2 Å². The van der Waals surface area contributed by atoms with E-state index in [1.54, 1.807) is 30.3 Å². The van der Waals surface area contributed by atoms with Crippen molar-refractivity contribution in [2.24, 2.45) is 0 Å². The van der Waals surface area contributed by atoms with E-state index in [2.05, 4.69) is 10.0 Å². The standard InChI is InChI=1S/C13H16N2O4S/c1-14-20(17,18)13-4-2-3-10(7-13)15-8-11-5-6-12(9-16)19-11/h2-7,14-16H,8-9H2,1H3. The van der Waals surface area contributed by atoms with E-state index in [0.29, 0.717) is 23.8 Å². The summed E-state index contributed by atoms with van der Waals surface area (Å²) in [5, 5.41) is 12.0. The maximum Gasteiger partial charge on any atom is 0.240 e. The predicted octanol–water partition coefficient (Wildman–Crippen LogP) is 1.29. The van der Waals surface area contributed by atoms with E-state index in [1.807, 2.05) is 0 Å². The molecule has 0 amide bonds. The average Bonchev–Trinajstić information content (AvgIpc) is 2.93. The third-order valence-electron chi connectivity index (χ3n) is 2.75. The third kappa shape index (κ3) is 3.38. The number of hydrogen-bond donors (Lipinski definition) is 3. The van der Waals surface area contributed by atoms with Crippen LogP contribution >= 0.6 is 0 Å². The molecule has 0 radical (unpaired) electrons. The van der Waals surface area contributed by atoms with E-state index in [4.69, 9.17) is 9.52 Å². The fourth-order valence-corrected chi connectivity index (χ4v) is 2.46. The first-order valence-corrected chi connectivity index (χ1v) is 7.49. The number of benzene rings is 1. The van der Waals surface area contributed by atoms with Gasteiger partial charge in [0.25, 0.3) is 0 Å². The Hall–Kier alpha value is -1.83. The van der Waals surface area contributed by atoms with Gasteiger partial charge in [-0.2, -0.15) is 0 Å². The molecule has 3 N–H and O–H groups in total. The van der Waals surface area contributed by atoms with Gasteiger partial charge in [-0.05, 0) is 37.4 Å². The smallest absolute Gasteiger partial charge is 0.240 e. The molecule has 0 saturated heterocycles. The normalized spacial score (nSPS) is 11.5. The van der Waals surface area contributed by atoms with E-state index in [-0.39, 0.29) is 11.5 Å². The van der Waals surface area contributed by atoms with Crippen LogP contribution in [0.15, 0.2) is 45.7 Å². The first-order chi connectivity index (χ1) is 9.55. The lowest BCUT2D eigenvalue weighted by molar-refractivity contribution is 0.244. The highest BCUT2D eigenvalue weighted by molar-refractivity contribution is 7.89. The number of hydrogen-bond acceptors (Lipinski definition) is 5. The Kier molecular flexibility index (Phi) is 4.43. The van der Waals surface area contributed by atoms with Gasteiger partial charge in [0, 0.05) is 5.69 Å². The number of aliphatic hydroxyl groups is 1. The molecule has 0 aliphatic carbocycles. The fraction of sp³-hybridized carbons (Fsp3) is 0.231. The van der Waals surface area contributed by atoms with Crippen molar-refractivity contribution < 1.29 is 17.9 Å². The highest BCUT2D eigenvalue weighted by Gasteiger charge is 2.11. The van der Waals surface area contributed by atoms with Gasteiger partial charge in [-0.1, -0.05) is 6.07 Å². The van der Waals surface area contributed by atoms with Crippen molar-refractivity contribution in [2.45, 2.75) is 18.0 Å². The van der Waals surface area contributed by atoms with Gasteiger partial charge < -0.3 is 14.8 Å². The van der Waals surface area contributed by atoms with Gasteiger partial charge in [-0.3, -0.25) is 0 Å². The zero-order chi connectivity index (χ0) is 14.6. The Morgan fingerprint density at radius 2 is 1.95 bits per heavy atom. The van der Waals surface area contributed by atoms with E-state index in [0.717, 1.165) is 0 Å². The van der Waals surface area contributed by atoms with Gasteiger partial charge in [0.15, 0.2) is 0 Å². The third-order valence-corrected chi connectivity index (χ3v) is 4.16. The highest BCUT2D eigenvalue weighted by atomic mass is 32.2. The van der Waals surface area contributed by atoms with E-state index >= 15 is 0 Å². The lowest BCUT2D eigenvalue weighted by atomic mass is 10.3. The number of rotatable bonds is 6. The molecule has 0 aliphatic rings. The van der Waals surface area contributed by atoms with Crippen molar-refractivity contribution in [2.75, 3.05) is 12.4 Å². The van der Waals surface area contributed by atoms with Gasteiger partial charge in [-0.25, -0.2) is 13.1 Å². The van der Waals surface area contributed by atoms with Crippen LogP contribution in [0.25, 0.3) is 0 Å². The largest absolute Gasteiger partial charge is 0.462 e. The number of furan rings is 1. The summed E-state index contributed by atoms with van der Waals surface area (Å²) >= 11 is 0. The molecule has 0 unspecified atom stereocenters. The molecular formula is C13H16N2O4S. The molecule has 2 aromatic rings. The van der Waals surface area contributed by atoms with Crippen LogP contribution in [0.1, 0.15) is 11.5 Å². The van der Waals surface area contributed by atoms with Crippen LogP contribution < -0.4 is 10.0 Å². The molecule has 7 heteroatoms. The van der Waals surface area contributed by atoms with Gasteiger partial charge in [0.2, 0.25) is 10.0 Å². The van der Waals surface area contributed by atoms with Crippen LogP contribution in [0, 0.1) is 0 Å². The van der Waals surface area contributed by atoms with Gasteiger partial charge in [0.1, 0.15) is 18.1 Å². The second-order valence-electron chi connectivity index (χ2n) is 4.12. The summed E-state index contributed by atoms with van der Waals surface area (Å²) in [6, 6.07) is 9.94. The van der Waals surface area contributed by atoms with Crippen molar-refractivity contribution in [1.82, 2.24) is 4.72 Å². The number of aliphatic hydroxyl groups excluding tert-OH is 1. The molecule has 1 heterocycles. The maximum absolute atomic E-state index is 11.7. The van der Waals surface area contributed by atoms with Gasteiger partial charge in [-0.15, -0.1) is 0 Å². The highest BCUT2D eigenvalue weighted by Crippen LogP contribution is 2.16. The second kappa shape index (κ2) is 6.08. The van der Waals surface area contributed by atoms with E-state index < -0.39 is 10.0 Å². The summed E-state index contributed by atoms with van der Waals surface area (Å²) in [4.78, 5) is 0.195. The van der Waals surface area contributed by atoms with E-state index in [9.17, 15) is 8.42 Å². The zero-order valence-electron chi connectivity index (χ0n) is 11.0. The Bertz CT molecular complexity index is 679. The van der Waals surface area contributed by atoms with Gasteiger partial charge >= 0.3 is 0 Å². The predicted molar refractivity (Wildman–Crippen MR) is 74.6 cm³/mol. The summed E-state index contributed by atoms with van der Waals surface area (Å²) < 4.78 is 31.0. The first kappa shape index (κ1) is 14.6. The maximum atomic E-state index is 11.7. The summed E-state index contributed by atoms with van der Waals surface area (Å²) in [6.45, 7) is 0.263. The van der Waals surface area contributed by atoms with Crippen LogP contribution in [-0.4, -0.2) is 20.6 Å². The first-order valence-electron chi connectivity index (χ1n) is 6.01. The molecule has 108 valence electrons. The van der Waals surface area contributed by atoms with Crippen LogP contribution in [0.3, 0.4) is 0 Å². The molecule has 20 heavy (non-hydrogen) atoms. The van der Waals surface area contributed by atoms with Crippen molar-refractivity contribution >= 4 is 15.7 Å². The second-order valence-corrected chi connectivity index (χ2v) is 6.00. The summed E-state index contributed by atoms with van der Waals surface area (Å²) in [7, 11) is -2.08. The van der Waals surface area contributed by atoms with Crippen molar-refractivity contribution in [3.05, 3.63) is 47.9 Å². The Morgan fingerprint density at radius 1 is 1.20 bits per heavy atom. The molecule has 2 rings (SSSR count). The quantitative estimate of drug-likeness (QED) is 0.747. The Morgan fingerprint density at radius 3 is 2.60 bits per heavy atom. The summed E-state index contributed by atoms with van der Waals surface area (Å²) in [5.41, 5.74) is 0.670. The number of sulfonamides is 1. The van der Waals surface area contributed by atoms with E-state index in [1.165, 1.54) is 13.1 Å². The molecule has 0 saturated carbocycles. The molecule has 0 spiro atoms. The monoisotopic (exact) mass is 296 g/mol. The molecule has 6 nitrogen and oxygen atoms in total. The molecular weight excluding hydrogens is 280 g/mol. The molecule has 0 aliphatic heterocycles.